The molecule has 7 rings (SSSR count). The van der Waals surface area contributed by atoms with Crippen LogP contribution >= 0.6 is 0 Å². The smallest absolute Gasteiger partial charge is 0.335 e. The highest BCUT2D eigenvalue weighted by atomic mass is 16.7. The van der Waals surface area contributed by atoms with E-state index in [9.17, 15) is 39.9 Å². The minimum Gasteiger partial charge on any atom is -0.481 e. The molecule has 1 spiro atoms. The van der Waals surface area contributed by atoms with Crippen molar-refractivity contribution in [3.8, 4) is 0 Å². The summed E-state index contributed by atoms with van der Waals surface area (Å²) < 4.78 is 17.8. The minimum absolute atomic E-state index is 0.0521. The summed E-state index contributed by atoms with van der Waals surface area (Å²) in [6, 6.07) is 0. The van der Waals surface area contributed by atoms with Gasteiger partial charge in [-0.2, -0.15) is 0 Å². The highest BCUT2D eigenvalue weighted by Gasteiger charge is 2.76. The third-order valence-electron chi connectivity index (χ3n) is 17.1. The van der Waals surface area contributed by atoms with Gasteiger partial charge in [0, 0.05) is 24.9 Å². The van der Waals surface area contributed by atoms with E-state index in [1.807, 2.05) is 0 Å². The lowest BCUT2D eigenvalue weighted by atomic mass is 9.29. The van der Waals surface area contributed by atoms with Gasteiger partial charge in [-0.15, -0.1) is 0 Å². The number of carboxylic acid groups (broad SMARTS) is 2. The maximum atomic E-state index is 13.9. The molecule has 0 aromatic heterocycles. The maximum Gasteiger partial charge on any atom is 0.335 e. The Kier molecular flexibility index (Phi) is 9.55. The molecule has 0 radical (unpaired) electrons. The fourth-order valence-corrected chi connectivity index (χ4v) is 14.9. The zero-order valence-corrected chi connectivity index (χ0v) is 32.4. The van der Waals surface area contributed by atoms with E-state index in [1.165, 1.54) is 5.57 Å². The fraction of sp³-hybridized carbons (Fsp3) is 0.833. The summed E-state index contributed by atoms with van der Waals surface area (Å²) in [6.07, 6.45) is 8.25. The van der Waals surface area contributed by atoms with Crippen LogP contribution in [0.25, 0.3) is 0 Å². The molecule has 4 saturated carbocycles. The number of carbonyl (C=O) groups excluding carboxylic acids is 1. The summed E-state index contributed by atoms with van der Waals surface area (Å²) in [6.45, 7) is 11.9. The van der Waals surface area contributed by atoms with Crippen LogP contribution in [0, 0.1) is 55.7 Å². The van der Waals surface area contributed by atoms with Gasteiger partial charge in [0.15, 0.2) is 12.4 Å². The maximum absolute atomic E-state index is 13.9. The molecule has 5 N–H and O–H groups in total. The molecular formula is C42H62O11. The first-order chi connectivity index (χ1) is 24.8. The number of aliphatic hydroxyl groups is 3. The van der Waals surface area contributed by atoms with Crippen molar-refractivity contribution in [2.45, 2.75) is 148 Å². The van der Waals surface area contributed by atoms with E-state index in [0.717, 1.165) is 51.2 Å². The summed E-state index contributed by atoms with van der Waals surface area (Å²) in [5.41, 5.74) is -1.58. The number of aldehydes is 1. The highest BCUT2D eigenvalue weighted by molar-refractivity contribution is 5.79. The Hall–Kier alpha value is -2.15. The van der Waals surface area contributed by atoms with Crippen molar-refractivity contribution in [1.29, 1.82) is 0 Å². The molecule has 53 heavy (non-hydrogen) atoms. The van der Waals surface area contributed by atoms with Crippen molar-refractivity contribution < 1.29 is 54.1 Å². The molecule has 1 saturated heterocycles. The number of hydrogen-bond acceptors (Lipinski definition) is 9. The third-order valence-corrected chi connectivity index (χ3v) is 17.1. The molecule has 15 atom stereocenters. The van der Waals surface area contributed by atoms with Gasteiger partial charge in [-0.1, -0.05) is 58.4 Å². The standard InChI is InChI=1S/C42H62O11/c1-36(2)25-11-17-39(5)26(38(25,4)16-12-28(36)52-34-31(46)29(44)30(45)32(53-34)33(47)48)9-10-27-40(39,15-8-20-43)18-19-42(35(49)50)24(22-51-6)21-37(3)13-7-14-41(27,42)23-37/h7,10,14,20,24-26,28-32,34,44-46H,8-9,11-13,15-19,21-23H2,1-6H3,(H,47,48)(H,49,50). The normalized spacial score (nSPS) is 51.1. The zero-order chi connectivity index (χ0) is 38.6. The highest BCUT2D eigenvalue weighted by Crippen LogP contribution is 2.81. The van der Waals surface area contributed by atoms with Gasteiger partial charge in [0.25, 0.3) is 0 Å². The molecule has 5 fully saturated rings. The van der Waals surface area contributed by atoms with Crippen LogP contribution in [0.4, 0.5) is 0 Å². The molecule has 2 bridgehead atoms. The Morgan fingerprint density at radius 2 is 1.70 bits per heavy atom. The average molecular weight is 743 g/mol. The summed E-state index contributed by atoms with van der Waals surface area (Å²) in [5, 5.41) is 52.6. The van der Waals surface area contributed by atoms with E-state index in [4.69, 9.17) is 14.2 Å². The zero-order valence-electron chi connectivity index (χ0n) is 32.4. The molecule has 0 aromatic carbocycles. The molecular weight excluding hydrogens is 680 g/mol. The third kappa shape index (κ3) is 5.15. The molecule has 11 heteroatoms. The van der Waals surface area contributed by atoms with Crippen molar-refractivity contribution in [2.24, 2.45) is 55.7 Å². The molecule has 0 aromatic rings. The molecule has 1 aliphatic heterocycles. The Balaban J connectivity index is 1.27. The number of aliphatic carboxylic acids is 2. The summed E-state index contributed by atoms with van der Waals surface area (Å²) in [7, 11) is 1.68. The predicted molar refractivity (Wildman–Crippen MR) is 193 cm³/mol. The van der Waals surface area contributed by atoms with Crippen LogP contribution < -0.4 is 0 Å². The molecule has 1 heterocycles. The van der Waals surface area contributed by atoms with Crippen LogP contribution in [0.1, 0.15) is 112 Å². The lowest BCUT2D eigenvalue weighted by Gasteiger charge is -2.75. The summed E-state index contributed by atoms with van der Waals surface area (Å²) >= 11 is 0. The van der Waals surface area contributed by atoms with Gasteiger partial charge in [0.05, 0.1) is 18.1 Å². The van der Waals surface area contributed by atoms with Crippen molar-refractivity contribution in [2.75, 3.05) is 13.7 Å². The monoisotopic (exact) mass is 742 g/mol. The summed E-state index contributed by atoms with van der Waals surface area (Å²) in [4.78, 5) is 38.0. The second-order valence-corrected chi connectivity index (χ2v) is 19.6. The van der Waals surface area contributed by atoms with Crippen LogP contribution in [0.5, 0.6) is 0 Å². The SMILES string of the molecule is COCC1CC2(C)CC=CC3(C2)C2=CCC4C5(C)CCC(OC6OC(C(=O)O)C(O)C(O)C6O)C(C)(C)C5CCC4(C)C2(CCC=O)CCC13C(=O)O. The van der Waals surface area contributed by atoms with Gasteiger partial charge >= 0.3 is 11.9 Å². The topological polar surface area (TPSA) is 180 Å². The minimum atomic E-state index is -1.78. The molecule has 15 unspecified atom stereocenters. The van der Waals surface area contributed by atoms with Crippen molar-refractivity contribution >= 4 is 18.2 Å². The average Bonchev–Trinajstić information content (AvgIpc) is 3.08. The van der Waals surface area contributed by atoms with Crippen molar-refractivity contribution in [3.63, 3.8) is 0 Å². The largest absolute Gasteiger partial charge is 0.481 e. The van der Waals surface area contributed by atoms with Crippen LogP contribution in [0.2, 0.25) is 0 Å². The molecule has 6 aliphatic carbocycles. The Morgan fingerprint density at radius 3 is 2.36 bits per heavy atom. The Labute approximate surface area is 313 Å². The lowest BCUT2D eigenvalue weighted by molar-refractivity contribution is -0.324. The number of fused-ring (bicyclic) bond motifs is 6. The van der Waals surface area contributed by atoms with Gasteiger partial charge in [0.1, 0.15) is 24.6 Å². The Bertz CT molecular complexity index is 1560. The molecule has 296 valence electrons. The van der Waals surface area contributed by atoms with Crippen LogP contribution in [-0.2, 0) is 28.6 Å². The van der Waals surface area contributed by atoms with E-state index in [0.29, 0.717) is 38.7 Å². The first kappa shape index (κ1) is 39.1. The number of methoxy groups -OCH3 is 1. The molecule has 7 aliphatic rings. The van der Waals surface area contributed by atoms with Crippen molar-refractivity contribution in [1.82, 2.24) is 0 Å². The quantitative estimate of drug-likeness (QED) is 0.118. The van der Waals surface area contributed by atoms with E-state index in [-0.39, 0.29) is 39.4 Å². The fourth-order valence-electron chi connectivity index (χ4n) is 14.9. The number of carboxylic acids is 2. The predicted octanol–water partition coefficient (Wildman–Crippen LogP) is 5.29. The van der Waals surface area contributed by atoms with E-state index in [1.54, 1.807) is 7.11 Å². The Morgan fingerprint density at radius 1 is 0.962 bits per heavy atom. The second-order valence-electron chi connectivity index (χ2n) is 19.6. The van der Waals surface area contributed by atoms with Crippen molar-refractivity contribution in [3.05, 3.63) is 23.8 Å². The van der Waals surface area contributed by atoms with E-state index >= 15 is 0 Å². The van der Waals surface area contributed by atoms with E-state index in [2.05, 4.69) is 52.8 Å². The van der Waals surface area contributed by atoms with Crippen LogP contribution in [0.15, 0.2) is 23.8 Å². The number of carbonyl (C=O) groups is 3. The van der Waals surface area contributed by atoms with Gasteiger partial charge in [-0.05, 0) is 110 Å². The van der Waals surface area contributed by atoms with E-state index < -0.39 is 65.0 Å². The second kappa shape index (κ2) is 12.9. The van der Waals surface area contributed by atoms with Gasteiger partial charge < -0.3 is 44.5 Å². The van der Waals surface area contributed by atoms with Gasteiger partial charge in [0.2, 0.25) is 0 Å². The number of ether oxygens (including phenoxy) is 3. The van der Waals surface area contributed by atoms with Gasteiger partial charge in [-0.3, -0.25) is 4.79 Å². The first-order valence-corrected chi connectivity index (χ1v) is 20.0. The first-order valence-electron chi connectivity index (χ1n) is 20.0. The number of aliphatic hydroxyl groups excluding tert-OH is 3. The summed E-state index contributed by atoms with van der Waals surface area (Å²) in [5.74, 6) is -1.86. The lowest BCUT2D eigenvalue weighted by Crippen LogP contribution is -2.70. The number of allylic oxidation sites excluding steroid dienone is 4. The van der Waals surface area contributed by atoms with Crippen LogP contribution in [0.3, 0.4) is 0 Å². The number of hydrogen-bond donors (Lipinski definition) is 5. The molecule has 11 nitrogen and oxygen atoms in total. The number of rotatable bonds is 9. The van der Waals surface area contributed by atoms with Crippen LogP contribution in [-0.4, -0.2) is 94.3 Å². The van der Waals surface area contributed by atoms with Gasteiger partial charge in [-0.25, -0.2) is 4.79 Å². The molecule has 0 amide bonds.